The van der Waals surface area contributed by atoms with Gasteiger partial charge in [-0.05, 0) is 41.0 Å². The normalized spacial score (nSPS) is 16.4. The van der Waals surface area contributed by atoms with E-state index in [9.17, 15) is 4.79 Å². The van der Waals surface area contributed by atoms with Crippen LogP contribution in [0, 0.1) is 5.92 Å². The molecule has 0 aromatic heterocycles. The molecular formula is C26H30O. The maximum absolute atomic E-state index is 12.5. The quantitative estimate of drug-likeness (QED) is 0.510. The van der Waals surface area contributed by atoms with Crippen LogP contribution in [0.4, 0.5) is 0 Å². The minimum atomic E-state index is 0.330. The van der Waals surface area contributed by atoms with Gasteiger partial charge < -0.3 is 0 Å². The first kappa shape index (κ1) is 19.4. The highest BCUT2D eigenvalue weighted by Crippen LogP contribution is 2.38. The van der Waals surface area contributed by atoms with Crippen LogP contribution in [0.3, 0.4) is 0 Å². The molecule has 0 radical (unpaired) electrons. The molecule has 1 aliphatic carbocycles. The minimum absolute atomic E-state index is 0.330. The van der Waals surface area contributed by atoms with Crippen LogP contribution in [0.5, 0.6) is 0 Å². The fourth-order valence-electron chi connectivity index (χ4n) is 3.92. The lowest BCUT2D eigenvalue weighted by atomic mass is 9.86. The van der Waals surface area contributed by atoms with Crippen LogP contribution in [0.25, 0.3) is 5.57 Å². The number of rotatable bonds is 8. The zero-order valence-electron chi connectivity index (χ0n) is 16.7. The zero-order valence-corrected chi connectivity index (χ0v) is 16.7. The van der Waals surface area contributed by atoms with Gasteiger partial charge in [0.1, 0.15) is 5.78 Å². The Bertz CT molecular complexity index is 822. The standard InChI is InChI=1S/C26H30O/c1-4-25-23(15-17-26(25)22-8-6-5-7-9-22)14-16-24(27)18-20-10-12-21(13-11-20)19(2)3/h5-13,15,17,19,25H,4,14,16,18H2,1-3H3. The molecule has 27 heavy (non-hydrogen) atoms. The molecule has 0 amide bonds. The first-order valence-corrected chi connectivity index (χ1v) is 10.1. The molecule has 1 heteroatoms. The Labute approximate surface area is 163 Å². The van der Waals surface area contributed by atoms with Gasteiger partial charge in [-0.15, -0.1) is 0 Å². The van der Waals surface area contributed by atoms with Crippen molar-refractivity contribution in [2.45, 2.75) is 52.4 Å². The SMILES string of the molecule is CCC1C(CCC(=O)Cc2ccc(C(C)C)cc2)=CC=C1c1ccccc1. The monoisotopic (exact) mass is 358 g/mol. The molecule has 1 atom stereocenters. The molecule has 0 N–H and O–H groups in total. The fourth-order valence-corrected chi connectivity index (χ4v) is 3.92. The van der Waals surface area contributed by atoms with Crippen LogP contribution in [-0.2, 0) is 11.2 Å². The third-order valence-electron chi connectivity index (χ3n) is 5.56. The summed E-state index contributed by atoms with van der Waals surface area (Å²) in [5, 5.41) is 0. The molecule has 2 aromatic rings. The van der Waals surface area contributed by atoms with Gasteiger partial charge in [0.25, 0.3) is 0 Å². The number of Topliss-reactive ketones (excluding diaryl/α,β-unsaturated/α-hetero) is 1. The smallest absolute Gasteiger partial charge is 0.137 e. The largest absolute Gasteiger partial charge is 0.299 e. The number of carbonyl (C=O) groups is 1. The Morgan fingerprint density at radius 3 is 2.30 bits per heavy atom. The predicted octanol–water partition coefficient (Wildman–Crippen LogP) is 6.75. The van der Waals surface area contributed by atoms with E-state index >= 15 is 0 Å². The van der Waals surface area contributed by atoms with E-state index in [1.165, 1.54) is 22.3 Å². The summed E-state index contributed by atoms with van der Waals surface area (Å²) in [7, 11) is 0. The molecule has 3 rings (SSSR count). The summed E-state index contributed by atoms with van der Waals surface area (Å²) >= 11 is 0. The average Bonchev–Trinajstić information content (AvgIpc) is 3.10. The van der Waals surface area contributed by atoms with Crippen LogP contribution < -0.4 is 0 Å². The number of ketones is 1. The molecule has 1 aliphatic rings. The van der Waals surface area contributed by atoms with Gasteiger partial charge in [0.15, 0.2) is 0 Å². The molecular weight excluding hydrogens is 328 g/mol. The average molecular weight is 359 g/mol. The Morgan fingerprint density at radius 1 is 0.963 bits per heavy atom. The molecule has 0 saturated carbocycles. The van der Waals surface area contributed by atoms with E-state index in [2.05, 4.69) is 87.5 Å². The molecule has 0 fully saturated rings. The van der Waals surface area contributed by atoms with E-state index in [0.717, 1.165) is 18.4 Å². The van der Waals surface area contributed by atoms with E-state index in [1.807, 2.05) is 0 Å². The minimum Gasteiger partial charge on any atom is -0.299 e. The summed E-state index contributed by atoms with van der Waals surface area (Å²) in [4.78, 5) is 12.5. The van der Waals surface area contributed by atoms with Crippen molar-refractivity contribution >= 4 is 11.4 Å². The number of hydrogen-bond donors (Lipinski definition) is 0. The van der Waals surface area contributed by atoms with Crippen molar-refractivity contribution in [2.75, 3.05) is 0 Å². The first-order chi connectivity index (χ1) is 13.1. The lowest BCUT2D eigenvalue weighted by Crippen LogP contribution is -2.07. The van der Waals surface area contributed by atoms with Crippen LogP contribution in [0.15, 0.2) is 72.3 Å². The summed E-state index contributed by atoms with van der Waals surface area (Å²) in [5.41, 5.74) is 6.55. The van der Waals surface area contributed by atoms with Crippen LogP contribution in [0.1, 0.15) is 62.6 Å². The summed E-state index contributed by atoms with van der Waals surface area (Å²) < 4.78 is 0. The highest BCUT2D eigenvalue weighted by atomic mass is 16.1. The van der Waals surface area contributed by atoms with Gasteiger partial charge >= 0.3 is 0 Å². The summed E-state index contributed by atoms with van der Waals surface area (Å²) in [5.74, 6) is 1.31. The molecule has 0 saturated heterocycles. The Hall–Kier alpha value is -2.41. The second-order valence-electron chi connectivity index (χ2n) is 7.80. The van der Waals surface area contributed by atoms with Gasteiger partial charge in [-0.25, -0.2) is 0 Å². The van der Waals surface area contributed by atoms with E-state index in [0.29, 0.717) is 30.5 Å². The molecule has 0 heterocycles. The predicted molar refractivity (Wildman–Crippen MR) is 115 cm³/mol. The van der Waals surface area contributed by atoms with Crippen molar-refractivity contribution in [3.05, 3.63) is 89.0 Å². The van der Waals surface area contributed by atoms with Crippen molar-refractivity contribution in [3.8, 4) is 0 Å². The van der Waals surface area contributed by atoms with Crippen molar-refractivity contribution < 1.29 is 4.79 Å². The maximum Gasteiger partial charge on any atom is 0.137 e. The molecule has 0 bridgehead atoms. The molecule has 2 aromatic carbocycles. The summed E-state index contributed by atoms with van der Waals surface area (Å²) in [6, 6.07) is 19.1. The number of allylic oxidation sites excluding steroid dienone is 4. The molecule has 140 valence electrons. The molecule has 1 nitrogen and oxygen atoms in total. The van der Waals surface area contributed by atoms with Gasteiger partial charge in [0.05, 0.1) is 0 Å². The van der Waals surface area contributed by atoms with Gasteiger partial charge in [-0.2, -0.15) is 0 Å². The van der Waals surface area contributed by atoms with Crippen molar-refractivity contribution in [1.29, 1.82) is 0 Å². The number of benzene rings is 2. The highest BCUT2D eigenvalue weighted by molar-refractivity contribution is 5.81. The van der Waals surface area contributed by atoms with Crippen molar-refractivity contribution in [2.24, 2.45) is 5.92 Å². The van der Waals surface area contributed by atoms with Crippen molar-refractivity contribution in [1.82, 2.24) is 0 Å². The van der Waals surface area contributed by atoms with Gasteiger partial charge in [0, 0.05) is 18.8 Å². The fraction of sp³-hybridized carbons (Fsp3) is 0.346. The Kier molecular flexibility index (Phi) is 6.45. The second kappa shape index (κ2) is 8.99. The van der Waals surface area contributed by atoms with E-state index in [1.54, 1.807) is 0 Å². The molecule has 0 spiro atoms. The lowest BCUT2D eigenvalue weighted by Gasteiger charge is -2.18. The van der Waals surface area contributed by atoms with Crippen LogP contribution >= 0.6 is 0 Å². The summed E-state index contributed by atoms with van der Waals surface area (Å²) in [6.45, 7) is 6.62. The maximum atomic E-state index is 12.5. The third-order valence-corrected chi connectivity index (χ3v) is 5.56. The van der Waals surface area contributed by atoms with Crippen LogP contribution in [0.2, 0.25) is 0 Å². The zero-order chi connectivity index (χ0) is 19.2. The van der Waals surface area contributed by atoms with E-state index in [-0.39, 0.29) is 0 Å². The Morgan fingerprint density at radius 2 is 1.67 bits per heavy atom. The lowest BCUT2D eigenvalue weighted by molar-refractivity contribution is -0.118. The van der Waals surface area contributed by atoms with E-state index in [4.69, 9.17) is 0 Å². The highest BCUT2D eigenvalue weighted by Gasteiger charge is 2.22. The second-order valence-corrected chi connectivity index (χ2v) is 7.80. The first-order valence-electron chi connectivity index (χ1n) is 10.1. The van der Waals surface area contributed by atoms with Crippen LogP contribution in [-0.4, -0.2) is 5.78 Å². The van der Waals surface area contributed by atoms with E-state index < -0.39 is 0 Å². The van der Waals surface area contributed by atoms with Gasteiger partial charge in [0.2, 0.25) is 0 Å². The molecule has 1 unspecified atom stereocenters. The number of hydrogen-bond acceptors (Lipinski definition) is 1. The van der Waals surface area contributed by atoms with Gasteiger partial charge in [-0.3, -0.25) is 4.79 Å². The third kappa shape index (κ3) is 4.86. The summed E-state index contributed by atoms with van der Waals surface area (Å²) in [6.07, 6.45) is 7.60. The molecule has 0 aliphatic heterocycles. The number of carbonyl (C=O) groups excluding carboxylic acids is 1. The van der Waals surface area contributed by atoms with Gasteiger partial charge in [-0.1, -0.05) is 93.1 Å². The Balaban J connectivity index is 1.54. The van der Waals surface area contributed by atoms with Crippen molar-refractivity contribution in [3.63, 3.8) is 0 Å². The topological polar surface area (TPSA) is 17.1 Å².